The van der Waals surface area contributed by atoms with Crippen LogP contribution in [0.15, 0.2) is 75.9 Å². The van der Waals surface area contributed by atoms with Crippen molar-refractivity contribution in [2.75, 3.05) is 24.2 Å². The number of rotatable bonds is 2. The summed E-state index contributed by atoms with van der Waals surface area (Å²) in [6.07, 6.45) is 4.73. The van der Waals surface area contributed by atoms with Crippen molar-refractivity contribution in [3.05, 3.63) is 77.1 Å². The van der Waals surface area contributed by atoms with Crippen molar-refractivity contribution in [1.29, 1.82) is 0 Å². The van der Waals surface area contributed by atoms with Crippen LogP contribution in [-0.2, 0) is 10.0 Å². The van der Waals surface area contributed by atoms with E-state index in [2.05, 4.69) is 36.7 Å². The molecule has 37 heavy (non-hydrogen) atoms. The molecule has 10 nitrogen and oxygen atoms in total. The van der Waals surface area contributed by atoms with Gasteiger partial charge in [-0.15, -0.1) is 11.3 Å². The molecule has 1 amide bonds. The van der Waals surface area contributed by atoms with E-state index in [-0.39, 0.29) is 22.0 Å². The Morgan fingerprint density at radius 3 is 2.65 bits per heavy atom. The Balaban J connectivity index is 1.77. The van der Waals surface area contributed by atoms with Crippen LogP contribution in [0.25, 0.3) is 10.4 Å². The van der Waals surface area contributed by atoms with Crippen LogP contribution in [0, 0.1) is 0 Å². The number of hydrogen-bond donors (Lipinski definition) is 2. The average Bonchev–Trinajstić information content (AvgIpc) is 3.33. The molecule has 0 aliphatic carbocycles. The fourth-order valence-corrected chi connectivity index (χ4v) is 6.09. The van der Waals surface area contributed by atoms with Gasteiger partial charge in [0.1, 0.15) is 5.69 Å². The Hall–Kier alpha value is -4.42. The predicted octanol–water partition coefficient (Wildman–Crippen LogP) is 4.38. The number of aromatic nitrogens is 2. The molecule has 0 unspecified atom stereocenters. The monoisotopic (exact) mass is 532 g/mol. The highest BCUT2D eigenvalue weighted by molar-refractivity contribution is 7.92. The van der Waals surface area contributed by atoms with Gasteiger partial charge < -0.3 is 10.1 Å². The number of carbonyl (C=O) groups excluding carboxylic acids is 1. The van der Waals surface area contributed by atoms with Gasteiger partial charge in [0.25, 0.3) is 15.9 Å². The van der Waals surface area contributed by atoms with Gasteiger partial charge in [-0.25, -0.2) is 13.4 Å². The molecule has 4 aromatic rings. The summed E-state index contributed by atoms with van der Waals surface area (Å²) in [5, 5.41) is 2.78. The van der Waals surface area contributed by atoms with E-state index in [1.165, 1.54) is 48.9 Å². The number of methoxy groups -OCH3 is 1. The number of sulfonamides is 1. The lowest BCUT2D eigenvalue weighted by molar-refractivity contribution is 0.102. The first-order valence-electron chi connectivity index (χ1n) is 10.8. The van der Waals surface area contributed by atoms with Gasteiger partial charge in [0, 0.05) is 41.0 Å². The molecular weight excluding hydrogens is 512 g/mol. The number of thiophene rings is 1. The van der Waals surface area contributed by atoms with Crippen LogP contribution in [0.4, 0.5) is 17.1 Å². The lowest BCUT2D eigenvalue weighted by atomic mass is 10.1. The van der Waals surface area contributed by atoms with Gasteiger partial charge in [-0.2, -0.15) is 0 Å². The Morgan fingerprint density at radius 1 is 1.05 bits per heavy atom. The number of ether oxygens (including phenoxy) is 1. The molecular formula is C25H20N6O4S2. The van der Waals surface area contributed by atoms with Crippen LogP contribution in [0.3, 0.4) is 0 Å². The summed E-state index contributed by atoms with van der Waals surface area (Å²) < 4.78 is 34.4. The van der Waals surface area contributed by atoms with Crippen molar-refractivity contribution >= 4 is 56.8 Å². The minimum Gasteiger partial charge on any atom is -0.480 e. The molecule has 8 bridgehead atoms. The Morgan fingerprint density at radius 2 is 1.89 bits per heavy atom. The Bertz CT molecular complexity index is 1700. The van der Waals surface area contributed by atoms with E-state index in [1.54, 1.807) is 31.6 Å². The van der Waals surface area contributed by atoms with Crippen LogP contribution in [0.2, 0.25) is 0 Å². The fourth-order valence-electron chi connectivity index (χ4n) is 3.84. The predicted molar refractivity (Wildman–Crippen MR) is 144 cm³/mol. The summed E-state index contributed by atoms with van der Waals surface area (Å²) in [7, 11) is -1.04. The maximum Gasteiger partial charge on any atom is 0.262 e. The number of carbonyl (C=O) groups is 1. The van der Waals surface area contributed by atoms with Gasteiger partial charge in [-0.1, -0.05) is 6.07 Å². The molecule has 0 atom stereocenters. The number of anilines is 2. The van der Waals surface area contributed by atoms with Gasteiger partial charge in [0.05, 0.1) is 40.2 Å². The molecule has 4 heterocycles. The summed E-state index contributed by atoms with van der Waals surface area (Å²) in [6, 6.07) is 10.9. The Labute approximate surface area is 216 Å². The van der Waals surface area contributed by atoms with Gasteiger partial charge in [-0.3, -0.25) is 24.5 Å². The first-order valence-corrected chi connectivity index (χ1v) is 13.1. The third-order valence-corrected chi connectivity index (χ3v) is 8.11. The molecule has 3 aromatic heterocycles. The molecule has 186 valence electrons. The molecule has 0 saturated carbocycles. The highest BCUT2D eigenvalue weighted by Gasteiger charge is 2.22. The molecule has 1 aliphatic heterocycles. The smallest absolute Gasteiger partial charge is 0.262 e. The van der Waals surface area contributed by atoms with Gasteiger partial charge in [0.15, 0.2) is 0 Å². The van der Waals surface area contributed by atoms with Crippen molar-refractivity contribution < 1.29 is 17.9 Å². The SMILES string of the molecule is C=Nc1cc2sc1C(=NC)c1cncc(c1)NC(=O)c1cccc(c1)S(=O)(=O)Nc1cc-2cnc1OC. The molecule has 0 fully saturated rings. The molecule has 0 spiro atoms. The average molecular weight is 533 g/mol. The number of benzene rings is 1. The molecule has 1 aliphatic rings. The zero-order chi connectivity index (χ0) is 26.2. The first-order chi connectivity index (χ1) is 17.8. The van der Waals surface area contributed by atoms with Gasteiger partial charge in [-0.05, 0) is 43.1 Å². The minimum absolute atomic E-state index is 0.0934. The highest BCUT2D eigenvalue weighted by Crippen LogP contribution is 2.40. The van der Waals surface area contributed by atoms with E-state index < -0.39 is 15.9 Å². The van der Waals surface area contributed by atoms with E-state index >= 15 is 0 Å². The van der Waals surface area contributed by atoms with Crippen LogP contribution in [-0.4, -0.2) is 50.9 Å². The molecule has 0 radical (unpaired) electrons. The lowest BCUT2D eigenvalue weighted by Gasteiger charge is -2.13. The number of nitrogens with one attached hydrogen (secondary N) is 2. The second-order valence-corrected chi connectivity index (χ2v) is 10.6. The summed E-state index contributed by atoms with van der Waals surface area (Å²) in [5.41, 5.74) is 3.21. The maximum absolute atomic E-state index is 13.3. The summed E-state index contributed by atoms with van der Waals surface area (Å²) in [4.78, 5) is 31.6. The molecule has 1 aromatic carbocycles. The lowest BCUT2D eigenvalue weighted by Crippen LogP contribution is -2.17. The van der Waals surface area contributed by atoms with Gasteiger partial charge >= 0.3 is 0 Å². The largest absolute Gasteiger partial charge is 0.480 e. The van der Waals surface area contributed by atoms with Gasteiger partial charge in [0.2, 0.25) is 5.88 Å². The summed E-state index contributed by atoms with van der Waals surface area (Å²) >= 11 is 1.39. The second kappa shape index (κ2) is 9.56. The van der Waals surface area contributed by atoms with Crippen molar-refractivity contribution in [3.8, 4) is 16.3 Å². The second-order valence-electron chi connectivity index (χ2n) is 7.89. The van der Waals surface area contributed by atoms with E-state index in [0.29, 0.717) is 28.2 Å². The maximum atomic E-state index is 13.3. The number of nitrogens with zero attached hydrogens (tertiary/aromatic N) is 4. The number of hydrogen-bond acceptors (Lipinski definition) is 9. The Kier molecular flexibility index (Phi) is 6.27. The van der Waals surface area contributed by atoms with Crippen molar-refractivity contribution in [3.63, 3.8) is 0 Å². The topological polar surface area (TPSA) is 135 Å². The fraction of sp³-hybridized carbons (Fsp3) is 0.0800. The van der Waals surface area contributed by atoms with Crippen LogP contribution < -0.4 is 14.8 Å². The molecule has 5 rings (SSSR count). The minimum atomic E-state index is -4.09. The summed E-state index contributed by atoms with van der Waals surface area (Å²) in [5.74, 6) is -0.403. The third-order valence-electron chi connectivity index (χ3n) is 5.57. The number of fused-ring (bicyclic) bond motifs is 9. The molecule has 2 N–H and O–H groups in total. The van der Waals surface area contributed by atoms with Crippen LogP contribution >= 0.6 is 11.3 Å². The third kappa shape index (κ3) is 4.59. The van der Waals surface area contributed by atoms with E-state index in [1.807, 2.05) is 6.07 Å². The van der Waals surface area contributed by atoms with Crippen LogP contribution in [0.1, 0.15) is 20.8 Å². The highest BCUT2D eigenvalue weighted by atomic mass is 32.2. The zero-order valence-electron chi connectivity index (χ0n) is 19.7. The molecule has 0 saturated heterocycles. The van der Waals surface area contributed by atoms with E-state index in [4.69, 9.17) is 4.74 Å². The standard InChI is InChI=1S/C25H20N6O4S2/c1-26-19-10-21-15-9-20(25(35-3)29-12-15)31-37(33,34)18-6-4-5-14(8-18)24(32)30-17-7-16(11-28-13-17)22(27-2)23(19)36-21/h4-13,31H,1H2,2-3H3,(H,30,32). The number of aliphatic imine (C=N–C) groups is 2. The van der Waals surface area contributed by atoms with Crippen molar-refractivity contribution in [2.24, 2.45) is 9.98 Å². The van der Waals surface area contributed by atoms with E-state index in [0.717, 1.165) is 9.75 Å². The zero-order valence-corrected chi connectivity index (χ0v) is 21.4. The summed E-state index contributed by atoms with van der Waals surface area (Å²) in [6.45, 7) is 3.69. The normalized spacial score (nSPS) is 15.3. The number of pyridine rings is 2. The van der Waals surface area contributed by atoms with Crippen molar-refractivity contribution in [2.45, 2.75) is 4.90 Å². The van der Waals surface area contributed by atoms with E-state index in [9.17, 15) is 13.2 Å². The first kappa shape index (κ1) is 24.3. The molecule has 12 heteroatoms. The quantitative estimate of drug-likeness (QED) is 0.368. The number of amides is 1. The van der Waals surface area contributed by atoms with Crippen LogP contribution in [0.5, 0.6) is 5.88 Å². The van der Waals surface area contributed by atoms with Crippen molar-refractivity contribution in [1.82, 2.24) is 9.97 Å².